The fourth-order valence-corrected chi connectivity index (χ4v) is 2.29. The van der Waals surface area contributed by atoms with E-state index in [-0.39, 0.29) is 10.8 Å². The number of hydrogen-bond acceptors (Lipinski definition) is 1. The molecule has 0 radical (unpaired) electrons. The van der Waals surface area contributed by atoms with E-state index in [0.29, 0.717) is 5.78 Å². The van der Waals surface area contributed by atoms with Crippen LogP contribution < -0.4 is 0 Å². The SMILES string of the molecule is CC(C)(C)C(=O)C1(C)CCCC1. The number of Topliss-reactive ketones (excluding diaryl/α,β-unsaturated/α-hetero) is 1. The lowest BCUT2D eigenvalue weighted by atomic mass is 9.72. The molecule has 0 atom stereocenters. The van der Waals surface area contributed by atoms with E-state index >= 15 is 0 Å². The molecule has 70 valence electrons. The van der Waals surface area contributed by atoms with Crippen LogP contribution in [-0.4, -0.2) is 5.78 Å². The van der Waals surface area contributed by atoms with Gasteiger partial charge >= 0.3 is 0 Å². The third-order valence-corrected chi connectivity index (χ3v) is 2.94. The molecule has 0 amide bonds. The molecular weight excluding hydrogens is 148 g/mol. The monoisotopic (exact) mass is 168 g/mol. The maximum absolute atomic E-state index is 12.0. The molecule has 1 fully saturated rings. The first-order valence-corrected chi connectivity index (χ1v) is 4.91. The fraction of sp³-hybridized carbons (Fsp3) is 0.909. The van der Waals surface area contributed by atoms with Gasteiger partial charge in [-0.15, -0.1) is 0 Å². The van der Waals surface area contributed by atoms with E-state index in [0.717, 1.165) is 12.8 Å². The molecule has 0 bridgehead atoms. The molecule has 12 heavy (non-hydrogen) atoms. The van der Waals surface area contributed by atoms with Gasteiger partial charge in [0.15, 0.2) is 0 Å². The standard InChI is InChI=1S/C11H20O/c1-10(2,3)9(12)11(4)7-5-6-8-11/h5-8H2,1-4H3. The lowest BCUT2D eigenvalue weighted by Crippen LogP contribution is -2.34. The van der Waals surface area contributed by atoms with E-state index in [1.165, 1.54) is 12.8 Å². The Kier molecular flexibility index (Phi) is 2.33. The first-order valence-electron chi connectivity index (χ1n) is 4.91. The van der Waals surface area contributed by atoms with Gasteiger partial charge in [0.2, 0.25) is 0 Å². The van der Waals surface area contributed by atoms with Crippen molar-refractivity contribution < 1.29 is 4.79 Å². The third-order valence-electron chi connectivity index (χ3n) is 2.94. The van der Waals surface area contributed by atoms with E-state index in [1.54, 1.807) is 0 Å². The Labute approximate surface area is 75.5 Å². The van der Waals surface area contributed by atoms with Crippen molar-refractivity contribution in [2.75, 3.05) is 0 Å². The smallest absolute Gasteiger partial charge is 0.144 e. The summed E-state index contributed by atoms with van der Waals surface area (Å²) in [7, 11) is 0. The van der Waals surface area contributed by atoms with Gasteiger partial charge in [0.1, 0.15) is 5.78 Å². The molecule has 1 aliphatic carbocycles. The number of hydrogen-bond donors (Lipinski definition) is 0. The van der Waals surface area contributed by atoms with Gasteiger partial charge in [0.25, 0.3) is 0 Å². The van der Waals surface area contributed by atoms with Crippen molar-refractivity contribution in [2.45, 2.75) is 53.4 Å². The van der Waals surface area contributed by atoms with Crippen molar-refractivity contribution >= 4 is 5.78 Å². The number of carbonyl (C=O) groups excluding carboxylic acids is 1. The lowest BCUT2D eigenvalue weighted by molar-refractivity contribution is -0.135. The molecule has 1 saturated carbocycles. The highest BCUT2D eigenvalue weighted by Gasteiger charge is 2.41. The largest absolute Gasteiger partial charge is 0.299 e. The highest BCUT2D eigenvalue weighted by Crippen LogP contribution is 2.42. The van der Waals surface area contributed by atoms with Crippen molar-refractivity contribution in [1.29, 1.82) is 0 Å². The van der Waals surface area contributed by atoms with Crippen molar-refractivity contribution in [3.05, 3.63) is 0 Å². The van der Waals surface area contributed by atoms with E-state index in [4.69, 9.17) is 0 Å². The van der Waals surface area contributed by atoms with Gasteiger partial charge in [-0.3, -0.25) is 4.79 Å². The first-order chi connectivity index (χ1) is 5.36. The summed E-state index contributed by atoms with van der Waals surface area (Å²) in [4.78, 5) is 12.0. The molecule has 0 spiro atoms. The molecule has 0 heterocycles. The van der Waals surface area contributed by atoms with Crippen LogP contribution in [0, 0.1) is 10.8 Å². The minimum absolute atomic E-state index is 0.00174. The summed E-state index contributed by atoms with van der Waals surface area (Å²) < 4.78 is 0. The molecule has 0 N–H and O–H groups in total. The summed E-state index contributed by atoms with van der Waals surface area (Å²) in [5, 5.41) is 0. The molecular formula is C11H20O. The summed E-state index contributed by atoms with van der Waals surface area (Å²) in [6, 6.07) is 0. The normalized spacial score (nSPS) is 22.7. The van der Waals surface area contributed by atoms with Crippen LogP contribution in [0.25, 0.3) is 0 Å². The zero-order valence-corrected chi connectivity index (χ0v) is 8.74. The molecule has 0 aliphatic heterocycles. The van der Waals surface area contributed by atoms with Crippen LogP contribution in [0.3, 0.4) is 0 Å². The van der Waals surface area contributed by atoms with Crippen LogP contribution in [0.4, 0.5) is 0 Å². The quantitative estimate of drug-likeness (QED) is 0.587. The number of ketones is 1. The van der Waals surface area contributed by atoms with Crippen LogP contribution in [-0.2, 0) is 4.79 Å². The third kappa shape index (κ3) is 1.70. The summed E-state index contributed by atoms with van der Waals surface area (Å²) in [5.74, 6) is 0.451. The van der Waals surface area contributed by atoms with E-state index < -0.39 is 0 Å². The summed E-state index contributed by atoms with van der Waals surface area (Å²) in [5.41, 5.74) is -0.155. The van der Waals surface area contributed by atoms with Crippen LogP contribution in [0.1, 0.15) is 53.4 Å². The number of carbonyl (C=O) groups is 1. The molecule has 1 rings (SSSR count). The Morgan fingerprint density at radius 1 is 1.17 bits per heavy atom. The van der Waals surface area contributed by atoms with Gasteiger partial charge < -0.3 is 0 Å². The fourth-order valence-electron chi connectivity index (χ4n) is 2.29. The molecule has 0 aromatic heterocycles. The average molecular weight is 168 g/mol. The lowest BCUT2D eigenvalue weighted by Gasteiger charge is -2.30. The Balaban J connectivity index is 2.75. The first kappa shape index (κ1) is 9.76. The summed E-state index contributed by atoms with van der Waals surface area (Å²) in [6.07, 6.45) is 4.67. The second kappa shape index (κ2) is 2.86. The molecule has 0 saturated heterocycles. The second-order valence-electron chi connectivity index (χ2n) is 5.35. The molecule has 1 heteroatoms. The summed E-state index contributed by atoms with van der Waals surface area (Å²) >= 11 is 0. The maximum atomic E-state index is 12.0. The summed E-state index contributed by atoms with van der Waals surface area (Å²) in [6.45, 7) is 8.21. The molecule has 0 unspecified atom stereocenters. The van der Waals surface area contributed by atoms with Crippen LogP contribution in [0.2, 0.25) is 0 Å². The van der Waals surface area contributed by atoms with E-state index in [1.807, 2.05) is 20.8 Å². The topological polar surface area (TPSA) is 17.1 Å². The molecule has 0 aromatic rings. The highest BCUT2D eigenvalue weighted by molar-refractivity contribution is 5.89. The Hall–Kier alpha value is -0.330. The van der Waals surface area contributed by atoms with Gasteiger partial charge in [0, 0.05) is 10.8 Å². The number of rotatable bonds is 1. The molecule has 1 aliphatic rings. The van der Waals surface area contributed by atoms with Gasteiger partial charge in [-0.2, -0.15) is 0 Å². The predicted octanol–water partition coefficient (Wildman–Crippen LogP) is 3.18. The van der Waals surface area contributed by atoms with E-state index in [2.05, 4.69) is 6.92 Å². The van der Waals surface area contributed by atoms with Gasteiger partial charge in [-0.25, -0.2) is 0 Å². The Bertz CT molecular complexity index is 180. The van der Waals surface area contributed by atoms with Crippen molar-refractivity contribution in [2.24, 2.45) is 10.8 Å². The zero-order chi connectivity index (χ0) is 9.41. The van der Waals surface area contributed by atoms with Crippen molar-refractivity contribution in [3.8, 4) is 0 Å². The van der Waals surface area contributed by atoms with Crippen molar-refractivity contribution in [1.82, 2.24) is 0 Å². The van der Waals surface area contributed by atoms with Crippen LogP contribution in [0.15, 0.2) is 0 Å². The zero-order valence-electron chi connectivity index (χ0n) is 8.74. The minimum atomic E-state index is -0.154. The van der Waals surface area contributed by atoms with Gasteiger partial charge in [0.05, 0.1) is 0 Å². The van der Waals surface area contributed by atoms with Crippen LogP contribution >= 0.6 is 0 Å². The molecule has 1 nitrogen and oxygen atoms in total. The molecule has 0 aromatic carbocycles. The van der Waals surface area contributed by atoms with Crippen molar-refractivity contribution in [3.63, 3.8) is 0 Å². The minimum Gasteiger partial charge on any atom is -0.299 e. The second-order valence-corrected chi connectivity index (χ2v) is 5.35. The van der Waals surface area contributed by atoms with Crippen LogP contribution in [0.5, 0.6) is 0 Å². The highest BCUT2D eigenvalue weighted by atomic mass is 16.1. The maximum Gasteiger partial charge on any atom is 0.144 e. The van der Waals surface area contributed by atoms with Gasteiger partial charge in [-0.05, 0) is 12.8 Å². The van der Waals surface area contributed by atoms with E-state index in [9.17, 15) is 4.79 Å². The Morgan fingerprint density at radius 3 is 1.92 bits per heavy atom. The average Bonchev–Trinajstić information content (AvgIpc) is 2.34. The Morgan fingerprint density at radius 2 is 1.58 bits per heavy atom. The predicted molar refractivity (Wildman–Crippen MR) is 51.0 cm³/mol. The van der Waals surface area contributed by atoms with Gasteiger partial charge in [-0.1, -0.05) is 40.5 Å².